The fourth-order valence-corrected chi connectivity index (χ4v) is 1.99. The van der Waals surface area contributed by atoms with Crippen LogP contribution in [0.25, 0.3) is 0 Å². The summed E-state index contributed by atoms with van der Waals surface area (Å²) in [5.74, 6) is -0.417. The SMILES string of the molecule is C[C@@H](O)C(=O)N/N=C\c1ccc(OCC(=O)Nc2ccccc2Cl)cc1. The minimum Gasteiger partial charge on any atom is -0.484 e. The van der Waals surface area contributed by atoms with Crippen LogP contribution in [0.5, 0.6) is 5.75 Å². The third kappa shape index (κ3) is 6.19. The number of rotatable bonds is 7. The molecule has 2 aromatic carbocycles. The highest BCUT2D eigenvalue weighted by atomic mass is 35.5. The van der Waals surface area contributed by atoms with Crippen LogP contribution >= 0.6 is 11.6 Å². The molecule has 0 aromatic heterocycles. The molecule has 0 bridgehead atoms. The number of nitrogens with zero attached hydrogens (tertiary/aromatic N) is 1. The number of carbonyl (C=O) groups is 2. The zero-order valence-corrected chi connectivity index (χ0v) is 14.7. The summed E-state index contributed by atoms with van der Waals surface area (Å²) in [6, 6.07) is 13.7. The van der Waals surface area contributed by atoms with E-state index in [1.165, 1.54) is 13.1 Å². The minimum absolute atomic E-state index is 0.164. The predicted octanol–water partition coefficient (Wildman–Crippen LogP) is 2.19. The second-order valence-corrected chi connectivity index (χ2v) is 5.70. The Morgan fingerprint density at radius 2 is 1.92 bits per heavy atom. The third-order valence-corrected chi connectivity index (χ3v) is 3.50. The van der Waals surface area contributed by atoms with Gasteiger partial charge in [-0.15, -0.1) is 0 Å². The molecule has 0 saturated carbocycles. The van der Waals surface area contributed by atoms with Crippen molar-refractivity contribution in [3.8, 4) is 5.75 Å². The maximum atomic E-state index is 11.9. The maximum absolute atomic E-state index is 11.9. The molecule has 2 rings (SSSR count). The summed E-state index contributed by atoms with van der Waals surface area (Å²) >= 11 is 5.97. The number of benzene rings is 2. The Balaban J connectivity index is 1.81. The quantitative estimate of drug-likeness (QED) is 0.510. The second-order valence-electron chi connectivity index (χ2n) is 5.30. The van der Waals surface area contributed by atoms with Crippen LogP contribution in [-0.2, 0) is 9.59 Å². The van der Waals surface area contributed by atoms with Crippen molar-refractivity contribution in [1.29, 1.82) is 0 Å². The second kappa shape index (κ2) is 9.55. The number of amides is 2. The van der Waals surface area contributed by atoms with Gasteiger partial charge in [0.25, 0.3) is 11.8 Å². The first-order valence-corrected chi connectivity index (χ1v) is 8.11. The Kier molecular flexibility index (Phi) is 7.13. The average molecular weight is 376 g/mol. The van der Waals surface area contributed by atoms with Crippen molar-refractivity contribution in [2.45, 2.75) is 13.0 Å². The molecule has 0 aliphatic carbocycles. The number of hydrogen-bond acceptors (Lipinski definition) is 5. The normalized spacial score (nSPS) is 11.8. The lowest BCUT2D eigenvalue weighted by atomic mass is 10.2. The largest absolute Gasteiger partial charge is 0.484 e. The molecule has 2 amide bonds. The number of anilines is 1. The highest BCUT2D eigenvalue weighted by Crippen LogP contribution is 2.20. The van der Waals surface area contributed by atoms with Gasteiger partial charge in [0.05, 0.1) is 16.9 Å². The summed E-state index contributed by atoms with van der Waals surface area (Å²) in [5, 5.41) is 15.9. The minimum atomic E-state index is -1.13. The number of halogens is 1. The van der Waals surface area contributed by atoms with Gasteiger partial charge in [0, 0.05) is 0 Å². The molecule has 0 saturated heterocycles. The van der Waals surface area contributed by atoms with Crippen LogP contribution in [0.4, 0.5) is 5.69 Å². The first-order chi connectivity index (χ1) is 12.5. The van der Waals surface area contributed by atoms with Gasteiger partial charge in [-0.25, -0.2) is 5.43 Å². The van der Waals surface area contributed by atoms with Gasteiger partial charge in [-0.3, -0.25) is 9.59 Å². The van der Waals surface area contributed by atoms with Crippen molar-refractivity contribution >= 4 is 35.3 Å². The van der Waals surface area contributed by atoms with Crippen LogP contribution in [0.15, 0.2) is 53.6 Å². The molecule has 26 heavy (non-hydrogen) atoms. The highest BCUT2D eigenvalue weighted by molar-refractivity contribution is 6.33. The first-order valence-electron chi connectivity index (χ1n) is 7.74. The summed E-state index contributed by atoms with van der Waals surface area (Å²) in [4.78, 5) is 23.0. The Hall–Kier alpha value is -2.90. The third-order valence-electron chi connectivity index (χ3n) is 3.17. The van der Waals surface area contributed by atoms with Gasteiger partial charge in [-0.2, -0.15) is 5.10 Å². The molecule has 3 N–H and O–H groups in total. The van der Waals surface area contributed by atoms with Gasteiger partial charge in [-0.05, 0) is 48.9 Å². The number of carbonyl (C=O) groups excluding carboxylic acids is 2. The van der Waals surface area contributed by atoms with Crippen molar-refractivity contribution < 1.29 is 19.4 Å². The van der Waals surface area contributed by atoms with E-state index in [0.29, 0.717) is 22.0 Å². The Morgan fingerprint density at radius 1 is 1.23 bits per heavy atom. The lowest BCUT2D eigenvalue weighted by Gasteiger charge is -2.08. The van der Waals surface area contributed by atoms with Crippen LogP contribution in [0.1, 0.15) is 12.5 Å². The molecule has 1 atom stereocenters. The number of para-hydroxylation sites is 1. The fraction of sp³-hybridized carbons (Fsp3) is 0.167. The number of aliphatic hydroxyl groups excluding tert-OH is 1. The topological polar surface area (TPSA) is 100 Å². The van der Waals surface area contributed by atoms with Crippen molar-refractivity contribution in [2.75, 3.05) is 11.9 Å². The number of hydrazone groups is 1. The van der Waals surface area contributed by atoms with Gasteiger partial charge in [0.1, 0.15) is 11.9 Å². The smallest absolute Gasteiger partial charge is 0.268 e. The van der Waals surface area contributed by atoms with Crippen LogP contribution in [0.3, 0.4) is 0 Å². The van der Waals surface area contributed by atoms with Gasteiger partial charge in [0.2, 0.25) is 0 Å². The molecule has 0 aliphatic heterocycles. The molecule has 7 nitrogen and oxygen atoms in total. The lowest BCUT2D eigenvalue weighted by Crippen LogP contribution is -2.28. The molecule has 0 unspecified atom stereocenters. The summed E-state index contributed by atoms with van der Waals surface area (Å²) < 4.78 is 5.41. The van der Waals surface area contributed by atoms with Crippen LogP contribution in [-0.4, -0.2) is 35.8 Å². The average Bonchev–Trinajstić information content (AvgIpc) is 2.63. The zero-order chi connectivity index (χ0) is 18.9. The molecule has 0 heterocycles. The molecule has 0 radical (unpaired) electrons. The van der Waals surface area contributed by atoms with Crippen molar-refractivity contribution in [2.24, 2.45) is 5.10 Å². The summed E-state index contributed by atoms with van der Waals surface area (Å²) in [5.41, 5.74) is 3.43. The van der Waals surface area contributed by atoms with Crippen LogP contribution in [0.2, 0.25) is 5.02 Å². The molecule has 0 fully saturated rings. The van der Waals surface area contributed by atoms with Crippen LogP contribution in [0, 0.1) is 0 Å². The van der Waals surface area contributed by atoms with E-state index in [2.05, 4.69) is 15.8 Å². The zero-order valence-electron chi connectivity index (χ0n) is 14.0. The van der Waals surface area contributed by atoms with E-state index in [-0.39, 0.29) is 12.5 Å². The van der Waals surface area contributed by atoms with E-state index >= 15 is 0 Å². The Bertz CT molecular complexity index is 791. The van der Waals surface area contributed by atoms with Gasteiger partial charge in [0.15, 0.2) is 6.61 Å². The van der Waals surface area contributed by atoms with Crippen molar-refractivity contribution in [3.63, 3.8) is 0 Å². The van der Waals surface area contributed by atoms with E-state index in [4.69, 9.17) is 21.4 Å². The molecule has 0 spiro atoms. The highest BCUT2D eigenvalue weighted by Gasteiger charge is 2.07. The van der Waals surface area contributed by atoms with Gasteiger partial charge >= 0.3 is 0 Å². The molecular formula is C18H18ClN3O4. The number of hydrogen-bond donors (Lipinski definition) is 3. The van der Waals surface area contributed by atoms with Crippen molar-refractivity contribution in [1.82, 2.24) is 5.43 Å². The summed E-state index contributed by atoms with van der Waals surface area (Å²) in [6.07, 6.45) is 0.300. The standard InChI is InChI=1S/C18H18ClN3O4/c1-12(23)18(25)22-20-10-13-6-8-14(9-7-13)26-11-17(24)21-16-5-3-2-4-15(16)19/h2-10,12,23H,11H2,1H3,(H,21,24)(H,22,25)/b20-10-/t12-/m1/s1. The predicted molar refractivity (Wildman–Crippen MR) is 99.4 cm³/mol. The van der Waals surface area contributed by atoms with Crippen LogP contribution < -0.4 is 15.5 Å². The Morgan fingerprint density at radius 3 is 2.58 bits per heavy atom. The van der Waals surface area contributed by atoms with E-state index in [9.17, 15) is 9.59 Å². The lowest BCUT2D eigenvalue weighted by molar-refractivity contribution is -0.128. The summed E-state index contributed by atoms with van der Waals surface area (Å²) in [6.45, 7) is 1.18. The maximum Gasteiger partial charge on any atom is 0.268 e. The molecule has 0 aliphatic rings. The number of ether oxygens (including phenoxy) is 1. The molecular weight excluding hydrogens is 358 g/mol. The van der Waals surface area contributed by atoms with Crippen molar-refractivity contribution in [3.05, 3.63) is 59.1 Å². The number of nitrogens with one attached hydrogen (secondary N) is 2. The van der Waals surface area contributed by atoms with E-state index in [1.54, 1.807) is 48.5 Å². The first kappa shape index (κ1) is 19.4. The molecule has 2 aromatic rings. The van der Waals surface area contributed by atoms with E-state index < -0.39 is 12.0 Å². The molecule has 136 valence electrons. The number of aliphatic hydroxyl groups is 1. The fourth-order valence-electron chi connectivity index (χ4n) is 1.81. The van der Waals surface area contributed by atoms with E-state index in [1.807, 2.05) is 0 Å². The monoisotopic (exact) mass is 375 g/mol. The summed E-state index contributed by atoms with van der Waals surface area (Å²) in [7, 11) is 0. The van der Waals surface area contributed by atoms with E-state index in [0.717, 1.165) is 0 Å². The van der Waals surface area contributed by atoms with Gasteiger partial charge < -0.3 is 15.2 Å². The molecule has 8 heteroatoms. The Labute approximate surface area is 155 Å². The van der Waals surface area contributed by atoms with Gasteiger partial charge in [-0.1, -0.05) is 23.7 Å².